The molecule has 1 fully saturated rings. The van der Waals surface area contributed by atoms with Crippen molar-refractivity contribution in [2.75, 3.05) is 13.6 Å². The molecule has 2 rings (SSSR count). The molecule has 1 saturated carbocycles. The molecular weight excluding hydrogens is 302 g/mol. The van der Waals surface area contributed by atoms with Crippen molar-refractivity contribution < 1.29 is 8.42 Å². The fourth-order valence-electron chi connectivity index (χ4n) is 2.30. The van der Waals surface area contributed by atoms with Crippen LogP contribution >= 0.6 is 15.9 Å². The summed E-state index contributed by atoms with van der Waals surface area (Å²) in [7, 11) is -1.42. The molecule has 0 bridgehead atoms. The van der Waals surface area contributed by atoms with Gasteiger partial charge in [-0.25, -0.2) is 8.42 Å². The lowest BCUT2D eigenvalue weighted by Gasteiger charge is -2.40. The van der Waals surface area contributed by atoms with Gasteiger partial charge in [0.2, 0.25) is 0 Å². The van der Waals surface area contributed by atoms with Gasteiger partial charge in [-0.05, 0) is 44.2 Å². The molecule has 0 aliphatic heterocycles. The van der Waals surface area contributed by atoms with E-state index in [1.165, 1.54) is 0 Å². The Morgan fingerprint density at radius 2 is 1.88 bits per heavy atom. The first kappa shape index (κ1) is 13.1. The van der Waals surface area contributed by atoms with E-state index in [-0.39, 0.29) is 0 Å². The lowest BCUT2D eigenvalue weighted by molar-refractivity contribution is 0.328. The SMILES string of the molecule is CNCC1(S(=O)(=O)c2ccc(Br)cc2)CCC1. The van der Waals surface area contributed by atoms with E-state index in [9.17, 15) is 8.42 Å². The fourth-order valence-corrected chi connectivity index (χ4v) is 4.72. The molecule has 1 aromatic rings. The molecule has 3 nitrogen and oxygen atoms in total. The Morgan fingerprint density at radius 3 is 2.29 bits per heavy atom. The van der Waals surface area contributed by atoms with E-state index in [0.29, 0.717) is 11.4 Å². The van der Waals surface area contributed by atoms with Crippen LogP contribution in [-0.2, 0) is 9.84 Å². The van der Waals surface area contributed by atoms with Crippen molar-refractivity contribution in [1.29, 1.82) is 0 Å². The van der Waals surface area contributed by atoms with Gasteiger partial charge in [-0.3, -0.25) is 0 Å². The Hall–Kier alpha value is -0.390. The smallest absolute Gasteiger partial charge is 0.185 e. The minimum atomic E-state index is -3.23. The molecule has 0 saturated heterocycles. The highest BCUT2D eigenvalue weighted by Crippen LogP contribution is 2.42. The van der Waals surface area contributed by atoms with Crippen LogP contribution in [0.3, 0.4) is 0 Å². The number of hydrogen-bond acceptors (Lipinski definition) is 3. The molecule has 0 atom stereocenters. The zero-order valence-corrected chi connectivity index (χ0v) is 12.1. The van der Waals surface area contributed by atoms with E-state index in [0.717, 1.165) is 23.7 Å². The van der Waals surface area contributed by atoms with E-state index in [1.54, 1.807) is 31.3 Å². The molecule has 1 aromatic carbocycles. The van der Waals surface area contributed by atoms with Crippen LogP contribution in [0.4, 0.5) is 0 Å². The molecule has 5 heteroatoms. The average molecular weight is 318 g/mol. The fraction of sp³-hybridized carbons (Fsp3) is 0.500. The van der Waals surface area contributed by atoms with Crippen LogP contribution in [0.25, 0.3) is 0 Å². The third kappa shape index (κ3) is 2.16. The Bertz CT molecular complexity index is 492. The number of rotatable bonds is 4. The van der Waals surface area contributed by atoms with E-state index < -0.39 is 14.6 Å². The lowest BCUT2D eigenvalue weighted by Crippen LogP contribution is -2.51. The second-order valence-corrected chi connectivity index (χ2v) is 7.78. The van der Waals surface area contributed by atoms with Gasteiger partial charge in [0.1, 0.15) is 0 Å². The second-order valence-electron chi connectivity index (χ2n) is 4.52. The highest BCUT2D eigenvalue weighted by atomic mass is 79.9. The topological polar surface area (TPSA) is 46.2 Å². The maximum atomic E-state index is 12.6. The summed E-state index contributed by atoms with van der Waals surface area (Å²) < 4.78 is 25.5. The third-order valence-corrected chi connectivity index (χ3v) is 6.57. The van der Waals surface area contributed by atoms with Crippen LogP contribution in [0.2, 0.25) is 0 Å². The van der Waals surface area contributed by atoms with Gasteiger partial charge >= 0.3 is 0 Å². The first-order valence-electron chi connectivity index (χ1n) is 5.67. The monoisotopic (exact) mass is 317 g/mol. The Morgan fingerprint density at radius 1 is 1.29 bits per heavy atom. The molecule has 0 amide bonds. The number of nitrogens with one attached hydrogen (secondary N) is 1. The zero-order valence-electron chi connectivity index (χ0n) is 9.74. The number of halogens is 1. The van der Waals surface area contributed by atoms with E-state index in [1.807, 2.05) is 0 Å². The normalized spacial score (nSPS) is 18.7. The number of hydrogen-bond donors (Lipinski definition) is 1. The summed E-state index contributed by atoms with van der Waals surface area (Å²) in [4.78, 5) is 0.427. The van der Waals surface area contributed by atoms with Crippen molar-refractivity contribution in [1.82, 2.24) is 5.32 Å². The molecule has 1 aliphatic rings. The quantitative estimate of drug-likeness (QED) is 0.927. The molecule has 17 heavy (non-hydrogen) atoms. The maximum absolute atomic E-state index is 12.6. The van der Waals surface area contributed by atoms with Crippen molar-refractivity contribution >= 4 is 25.8 Å². The first-order valence-corrected chi connectivity index (χ1v) is 7.94. The van der Waals surface area contributed by atoms with Gasteiger partial charge in [0.15, 0.2) is 9.84 Å². The van der Waals surface area contributed by atoms with Gasteiger partial charge < -0.3 is 5.32 Å². The minimum absolute atomic E-state index is 0.427. The van der Waals surface area contributed by atoms with Crippen molar-refractivity contribution in [3.8, 4) is 0 Å². The Kier molecular flexibility index (Phi) is 3.61. The van der Waals surface area contributed by atoms with Crippen LogP contribution < -0.4 is 5.32 Å². The van der Waals surface area contributed by atoms with Crippen LogP contribution in [-0.4, -0.2) is 26.8 Å². The van der Waals surface area contributed by atoms with Gasteiger partial charge in [-0.15, -0.1) is 0 Å². The summed E-state index contributed by atoms with van der Waals surface area (Å²) >= 11 is 3.32. The van der Waals surface area contributed by atoms with Gasteiger partial charge in [-0.1, -0.05) is 22.4 Å². The molecule has 94 valence electrons. The predicted molar refractivity (Wildman–Crippen MR) is 71.8 cm³/mol. The highest BCUT2D eigenvalue weighted by molar-refractivity contribution is 9.10. The molecule has 1 aliphatic carbocycles. The standard InChI is InChI=1S/C12H16BrNO2S/c1-14-9-12(7-2-8-12)17(15,16)11-5-3-10(13)4-6-11/h3-6,14H,2,7-9H2,1H3. The maximum Gasteiger partial charge on any atom is 0.185 e. The van der Waals surface area contributed by atoms with Gasteiger partial charge in [0.05, 0.1) is 9.64 Å². The molecule has 0 spiro atoms. The highest BCUT2D eigenvalue weighted by Gasteiger charge is 2.48. The second kappa shape index (κ2) is 4.71. The molecule has 0 radical (unpaired) electrons. The van der Waals surface area contributed by atoms with Gasteiger partial charge in [0.25, 0.3) is 0 Å². The molecule has 0 heterocycles. The van der Waals surface area contributed by atoms with E-state index in [2.05, 4.69) is 21.2 Å². The minimum Gasteiger partial charge on any atom is -0.318 e. The van der Waals surface area contributed by atoms with Crippen LogP contribution in [0.5, 0.6) is 0 Å². The molecule has 1 N–H and O–H groups in total. The van der Waals surface area contributed by atoms with Crippen molar-refractivity contribution in [2.24, 2.45) is 0 Å². The number of sulfone groups is 1. The Balaban J connectivity index is 2.38. The van der Waals surface area contributed by atoms with E-state index >= 15 is 0 Å². The predicted octanol–water partition coefficient (Wildman–Crippen LogP) is 2.36. The third-order valence-electron chi connectivity index (χ3n) is 3.46. The van der Waals surface area contributed by atoms with Gasteiger partial charge in [0, 0.05) is 11.0 Å². The van der Waals surface area contributed by atoms with Crippen LogP contribution in [0.15, 0.2) is 33.6 Å². The van der Waals surface area contributed by atoms with Crippen LogP contribution in [0.1, 0.15) is 19.3 Å². The van der Waals surface area contributed by atoms with Crippen molar-refractivity contribution in [3.63, 3.8) is 0 Å². The molecular formula is C12H16BrNO2S. The summed E-state index contributed by atoms with van der Waals surface area (Å²) in [5, 5.41) is 3.01. The zero-order chi connectivity index (χ0) is 12.5. The van der Waals surface area contributed by atoms with Crippen LogP contribution in [0, 0.1) is 0 Å². The summed E-state index contributed by atoms with van der Waals surface area (Å²) in [6, 6.07) is 6.90. The summed E-state index contributed by atoms with van der Waals surface area (Å²) in [5.41, 5.74) is 0. The van der Waals surface area contributed by atoms with E-state index in [4.69, 9.17) is 0 Å². The molecule has 0 aromatic heterocycles. The van der Waals surface area contributed by atoms with Crippen molar-refractivity contribution in [3.05, 3.63) is 28.7 Å². The first-order chi connectivity index (χ1) is 8.02. The van der Waals surface area contributed by atoms with Crippen molar-refractivity contribution in [2.45, 2.75) is 28.9 Å². The Labute approximate surface area is 111 Å². The van der Waals surface area contributed by atoms with Gasteiger partial charge in [-0.2, -0.15) is 0 Å². The summed E-state index contributed by atoms with van der Waals surface area (Å²) in [5.74, 6) is 0. The number of benzene rings is 1. The molecule has 0 unspecified atom stereocenters. The summed E-state index contributed by atoms with van der Waals surface area (Å²) in [6.45, 7) is 0.533. The largest absolute Gasteiger partial charge is 0.318 e. The average Bonchev–Trinajstić information content (AvgIpc) is 2.23. The summed E-state index contributed by atoms with van der Waals surface area (Å²) in [6.07, 6.45) is 2.51. The lowest BCUT2D eigenvalue weighted by atomic mass is 9.84.